The number of benzene rings is 1. The summed E-state index contributed by atoms with van der Waals surface area (Å²) < 4.78 is 11.6. The predicted octanol–water partition coefficient (Wildman–Crippen LogP) is 3.33. The van der Waals surface area contributed by atoms with Crippen LogP contribution in [-0.2, 0) is 33.7 Å². The molecular formula is C24H25N3O6S. The Balaban J connectivity index is 1.52. The molecule has 0 atom stereocenters. The normalized spacial score (nSPS) is 12.8. The van der Waals surface area contributed by atoms with E-state index < -0.39 is 24.5 Å². The summed E-state index contributed by atoms with van der Waals surface area (Å²) in [4.78, 5) is 51.5. The Bertz CT molecular complexity index is 1330. The number of thiophene rings is 1. The topological polar surface area (TPSA) is 117 Å². The maximum Gasteiger partial charge on any atom is 0.359 e. The van der Waals surface area contributed by atoms with Crippen LogP contribution in [0.4, 0.5) is 5.00 Å². The van der Waals surface area contributed by atoms with E-state index in [4.69, 9.17) is 9.47 Å². The number of aromatic nitrogens is 2. The molecule has 1 aliphatic carbocycles. The Hall–Kier alpha value is -3.53. The van der Waals surface area contributed by atoms with E-state index in [1.165, 1.54) is 16.0 Å². The van der Waals surface area contributed by atoms with Crippen LogP contribution >= 0.6 is 11.3 Å². The van der Waals surface area contributed by atoms with E-state index in [0.29, 0.717) is 21.3 Å². The van der Waals surface area contributed by atoms with Gasteiger partial charge in [0.2, 0.25) is 0 Å². The van der Waals surface area contributed by atoms with Gasteiger partial charge in [-0.1, -0.05) is 18.2 Å². The van der Waals surface area contributed by atoms with Crippen molar-refractivity contribution in [3.8, 4) is 0 Å². The van der Waals surface area contributed by atoms with Crippen LogP contribution in [0.3, 0.4) is 0 Å². The van der Waals surface area contributed by atoms with E-state index in [2.05, 4.69) is 10.4 Å². The van der Waals surface area contributed by atoms with Crippen molar-refractivity contribution in [3.63, 3.8) is 0 Å². The quantitative estimate of drug-likeness (QED) is 0.512. The first-order valence-electron chi connectivity index (χ1n) is 11.2. The lowest BCUT2D eigenvalue weighted by Gasteiger charge is -2.12. The number of rotatable bonds is 7. The minimum absolute atomic E-state index is 0.0383. The van der Waals surface area contributed by atoms with Crippen molar-refractivity contribution in [1.82, 2.24) is 9.78 Å². The number of fused-ring (bicyclic) bond motifs is 2. The van der Waals surface area contributed by atoms with Gasteiger partial charge in [-0.3, -0.25) is 9.59 Å². The summed E-state index contributed by atoms with van der Waals surface area (Å²) in [6.07, 6.45) is 3.61. The lowest BCUT2D eigenvalue weighted by Crippen LogP contribution is -2.27. The van der Waals surface area contributed by atoms with Crippen molar-refractivity contribution < 1.29 is 23.9 Å². The number of hydrogen-bond donors (Lipinski definition) is 1. The van der Waals surface area contributed by atoms with Crippen molar-refractivity contribution in [2.75, 3.05) is 18.5 Å². The lowest BCUT2D eigenvalue weighted by atomic mass is 9.95. The third kappa shape index (κ3) is 4.58. The molecular weight excluding hydrogens is 458 g/mol. The summed E-state index contributed by atoms with van der Waals surface area (Å²) in [5, 5.41) is 7.95. The molecule has 1 amide bonds. The summed E-state index contributed by atoms with van der Waals surface area (Å²) in [5.74, 6) is -1.86. The van der Waals surface area contributed by atoms with Gasteiger partial charge in [-0.25, -0.2) is 14.3 Å². The zero-order chi connectivity index (χ0) is 24.2. The van der Waals surface area contributed by atoms with Gasteiger partial charge >= 0.3 is 11.9 Å². The molecule has 0 fully saturated rings. The summed E-state index contributed by atoms with van der Waals surface area (Å²) >= 11 is 1.36. The summed E-state index contributed by atoms with van der Waals surface area (Å²) in [6.45, 7) is 3.42. The lowest BCUT2D eigenvalue weighted by molar-refractivity contribution is -0.119. The maximum absolute atomic E-state index is 12.8. The zero-order valence-electron chi connectivity index (χ0n) is 19.0. The summed E-state index contributed by atoms with van der Waals surface area (Å²) in [7, 11) is 0. The zero-order valence-corrected chi connectivity index (χ0v) is 19.8. The van der Waals surface area contributed by atoms with Crippen LogP contribution in [0.2, 0.25) is 0 Å². The molecule has 178 valence electrons. The van der Waals surface area contributed by atoms with Gasteiger partial charge in [-0.2, -0.15) is 5.10 Å². The summed E-state index contributed by atoms with van der Waals surface area (Å²) in [6, 6.07) is 6.62. The van der Waals surface area contributed by atoms with Gasteiger partial charge in [-0.15, -0.1) is 11.3 Å². The molecule has 1 N–H and O–H groups in total. The van der Waals surface area contributed by atoms with Crippen LogP contribution in [0.1, 0.15) is 58.0 Å². The molecule has 2 aromatic heterocycles. The van der Waals surface area contributed by atoms with E-state index in [1.807, 2.05) is 0 Å². The van der Waals surface area contributed by atoms with Gasteiger partial charge in [0.25, 0.3) is 11.5 Å². The number of esters is 2. The van der Waals surface area contributed by atoms with Gasteiger partial charge in [0, 0.05) is 16.8 Å². The molecule has 0 saturated carbocycles. The Kier molecular flexibility index (Phi) is 7.06. The molecule has 10 heteroatoms. The molecule has 0 bridgehead atoms. The van der Waals surface area contributed by atoms with Gasteiger partial charge < -0.3 is 14.8 Å². The first-order valence-corrected chi connectivity index (χ1v) is 12.0. The second-order valence-electron chi connectivity index (χ2n) is 7.77. The van der Waals surface area contributed by atoms with E-state index in [9.17, 15) is 19.2 Å². The van der Waals surface area contributed by atoms with Crippen molar-refractivity contribution in [1.29, 1.82) is 0 Å². The molecule has 1 aromatic carbocycles. The third-order valence-electron chi connectivity index (χ3n) is 5.60. The number of hydrogen-bond acceptors (Lipinski definition) is 8. The molecule has 3 aromatic rings. The minimum Gasteiger partial charge on any atom is -0.462 e. The summed E-state index contributed by atoms with van der Waals surface area (Å²) in [5.41, 5.74) is 0.979. The average Bonchev–Trinajstić information content (AvgIpc) is 3.21. The fourth-order valence-electron chi connectivity index (χ4n) is 4.04. The standard InChI is InChI=1S/C24H25N3O6S/c1-3-27-22(29)15-10-6-5-9-14(15)20(26-27)24(31)33-13-18(28)25-21-19(23(30)32-4-2)16-11-7-8-12-17(16)34-21/h5-6,9-10H,3-4,7-8,11-13H2,1-2H3,(H,25,28). The van der Waals surface area contributed by atoms with Crippen molar-refractivity contribution in [2.45, 2.75) is 46.1 Å². The number of ether oxygens (including phenoxy) is 2. The van der Waals surface area contributed by atoms with E-state index in [-0.39, 0.29) is 24.4 Å². The molecule has 4 rings (SSSR count). The Labute approximate surface area is 199 Å². The number of aryl methyl sites for hydroxylation is 2. The van der Waals surface area contributed by atoms with E-state index >= 15 is 0 Å². The maximum atomic E-state index is 12.8. The van der Waals surface area contributed by atoms with Crippen molar-refractivity contribution in [2.24, 2.45) is 0 Å². The number of carbonyl (C=O) groups excluding carboxylic acids is 3. The molecule has 0 spiro atoms. The largest absolute Gasteiger partial charge is 0.462 e. The SMILES string of the molecule is CCOC(=O)c1c(NC(=O)COC(=O)c2nn(CC)c(=O)c3ccccc23)sc2c1CCCC2. The smallest absolute Gasteiger partial charge is 0.359 e. The number of amides is 1. The van der Waals surface area contributed by atoms with Gasteiger partial charge in [-0.05, 0) is 51.2 Å². The van der Waals surface area contributed by atoms with Crippen LogP contribution in [0, 0.1) is 0 Å². The molecule has 0 radical (unpaired) electrons. The second kappa shape index (κ2) is 10.2. The van der Waals surface area contributed by atoms with Crippen molar-refractivity contribution in [3.05, 3.63) is 56.3 Å². The van der Waals surface area contributed by atoms with Crippen LogP contribution in [0.5, 0.6) is 0 Å². The number of anilines is 1. The predicted molar refractivity (Wildman–Crippen MR) is 128 cm³/mol. The van der Waals surface area contributed by atoms with Crippen LogP contribution < -0.4 is 10.9 Å². The fraction of sp³-hybridized carbons (Fsp3) is 0.375. The van der Waals surface area contributed by atoms with Gasteiger partial charge in [0.05, 0.1) is 17.6 Å². The molecule has 34 heavy (non-hydrogen) atoms. The highest BCUT2D eigenvalue weighted by atomic mass is 32.1. The highest BCUT2D eigenvalue weighted by Gasteiger charge is 2.27. The Morgan fingerprint density at radius 2 is 1.79 bits per heavy atom. The number of carbonyl (C=O) groups is 3. The second-order valence-corrected chi connectivity index (χ2v) is 8.88. The van der Waals surface area contributed by atoms with Crippen LogP contribution in [0.15, 0.2) is 29.1 Å². The van der Waals surface area contributed by atoms with Gasteiger partial charge in [0.15, 0.2) is 12.3 Å². The highest BCUT2D eigenvalue weighted by molar-refractivity contribution is 7.17. The molecule has 2 heterocycles. The molecule has 9 nitrogen and oxygen atoms in total. The number of nitrogens with one attached hydrogen (secondary N) is 1. The molecule has 0 saturated heterocycles. The fourth-order valence-corrected chi connectivity index (χ4v) is 5.33. The Morgan fingerprint density at radius 1 is 1.06 bits per heavy atom. The van der Waals surface area contributed by atoms with Crippen LogP contribution in [0.25, 0.3) is 10.8 Å². The third-order valence-corrected chi connectivity index (χ3v) is 6.81. The highest BCUT2D eigenvalue weighted by Crippen LogP contribution is 2.38. The monoisotopic (exact) mass is 483 g/mol. The average molecular weight is 484 g/mol. The minimum atomic E-state index is -0.815. The molecule has 0 unspecified atom stereocenters. The van der Waals surface area contributed by atoms with E-state index in [1.54, 1.807) is 38.1 Å². The number of nitrogens with zero attached hydrogens (tertiary/aromatic N) is 2. The van der Waals surface area contributed by atoms with Crippen molar-refractivity contribution >= 4 is 45.0 Å². The van der Waals surface area contributed by atoms with Gasteiger partial charge in [0.1, 0.15) is 5.00 Å². The molecule has 0 aliphatic heterocycles. The molecule has 1 aliphatic rings. The Morgan fingerprint density at radius 3 is 2.53 bits per heavy atom. The first-order chi connectivity index (χ1) is 16.4. The van der Waals surface area contributed by atoms with Crippen LogP contribution in [-0.4, -0.2) is 40.8 Å². The first kappa shape index (κ1) is 23.6. The van der Waals surface area contributed by atoms with E-state index in [0.717, 1.165) is 36.1 Å².